The highest BCUT2D eigenvalue weighted by Gasteiger charge is 2.41. The molecule has 1 aliphatic carbocycles. The number of aliphatic hydroxyl groups is 1. The van der Waals surface area contributed by atoms with Crippen molar-refractivity contribution < 1.29 is 14.9 Å². The maximum atomic E-state index is 9.76. The summed E-state index contributed by atoms with van der Waals surface area (Å²) in [5.41, 5.74) is 0.919. The lowest BCUT2D eigenvalue weighted by Crippen LogP contribution is -2.26. The molecule has 1 aliphatic rings. The minimum Gasteiger partial charge on any atom is -0.508 e. The Hall–Kier alpha value is -1.26. The first kappa shape index (κ1) is 13.2. The largest absolute Gasteiger partial charge is 0.508 e. The SMILES string of the molecule is CCOc1ccc(O)c(CNCC2(CO)CC2)c1. The average molecular weight is 251 g/mol. The van der Waals surface area contributed by atoms with Gasteiger partial charge in [0, 0.05) is 30.7 Å². The van der Waals surface area contributed by atoms with Crippen LogP contribution in [0, 0.1) is 5.41 Å². The number of aliphatic hydroxyl groups excluding tert-OH is 1. The van der Waals surface area contributed by atoms with Crippen molar-refractivity contribution in [3.8, 4) is 11.5 Å². The van der Waals surface area contributed by atoms with Gasteiger partial charge in [0.1, 0.15) is 11.5 Å². The van der Waals surface area contributed by atoms with Crippen molar-refractivity contribution in [3.05, 3.63) is 23.8 Å². The molecule has 0 aromatic heterocycles. The molecule has 0 heterocycles. The second-order valence-corrected chi connectivity index (χ2v) is 4.99. The summed E-state index contributed by atoms with van der Waals surface area (Å²) in [7, 11) is 0. The molecule has 2 rings (SSSR count). The molecule has 0 radical (unpaired) electrons. The van der Waals surface area contributed by atoms with Gasteiger partial charge in [-0.3, -0.25) is 0 Å². The molecular weight excluding hydrogens is 230 g/mol. The number of rotatable bonds is 7. The molecule has 0 saturated heterocycles. The van der Waals surface area contributed by atoms with Crippen LogP contribution in [-0.2, 0) is 6.54 Å². The molecule has 0 bridgehead atoms. The van der Waals surface area contributed by atoms with Crippen molar-refractivity contribution in [1.29, 1.82) is 0 Å². The normalized spacial score (nSPS) is 16.6. The van der Waals surface area contributed by atoms with Gasteiger partial charge < -0.3 is 20.3 Å². The minimum absolute atomic E-state index is 0.0904. The van der Waals surface area contributed by atoms with Crippen LogP contribution in [0.4, 0.5) is 0 Å². The van der Waals surface area contributed by atoms with E-state index in [2.05, 4.69) is 5.32 Å². The first-order valence-corrected chi connectivity index (χ1v) is 6.45. The summed E-state index contributed by atoms with van der Waals surface area (Å²) in [6.07, 6.45) is 2.17. The monoisotopic (exact) mass is 251 g/mol. The van der Waals surface area contributed by atoms with Gasteiger partial charge in [-0.05, 0) is 38.0 Å². The lowest BCUT2D eigenvalue weighted by atomic mass is 10.1. The molecule has 1 aromatic carbocycles. The molecule has 100 valence electrons. The van der Waals surface area contributed by atoms with E-state index in [1.54, 1.807) is 12.1 Å². The summed E-state index contributed by atoms with van der Waals surface area (Å²) in [4.78, 5) is 0. The zero-order valence-corrected chi connectivity index (χ0v) is 10.8. The van der Waals surface area contributed by atoms with Crippen LogP contribution in [-0.4, -0.2) is 30.0 Å². The highest BCUT2D eigenvalue weighted by molar-refractivity contribution is 5.39. The molecular formula is C14H21NO3. The van der Waals surface area contributed by atoms with Crippen molar-refractivity contribution in [2.45, 2.75) is 26.3 Å². The number of hydrogen-bond acceptors (Lipinski definition) is 4. The average Bonchev–Trinajstić information content (AvgIpc) is 3.14. The van der Waals surface area contributed by atoms with Crippen LogP contribution in [0.3, 0.4) is 0 Å². The maximum absolute atomic E-state index is 9.76. The fourth-order valence-corrected chi connectivity index (χ4v) is 1.99. The highest BCUT2D eigenvalue weighted by atomic mass is 16.5. The molecule has 4 nitrogen and oxygen atoms in total. The van der Waals surface area contributed by atoms with Gasteiger partial charge in [0.25, 0.3) is 0 Å². The molecule has 18 heavy (non-hydrogen) atoms. The summed E-state index contributed by atoms with van der Waals surface area (Å²) in [5, 5.41) is 22.3. The molecule has 1 saturated carbocycles. The van der Waals surface area contributed by atoms with Crippen LogP contribution in [0.2, 0.25) is 0 Å². The van der Waals surface area contributed by atoms with Gasteiger partial charge in [0.2, 0.25) is 0 Å². The minimum atomic E-state index is 0.0904. The zero-order chi connectivity index (χ0) is 13.0. The van der Waals surface area contributed by atoms with E-state index in [4.69, 9.17) is 4.74 Å². The predicted molar refractivity (Wildman–Crippen MR) is 69.7 cm³/mol. The number of nitrogens with one attached hydrogen (secondary N) is 1. The summed E-state index contributed by atoms with van der Waals surface area (Å²) in [6, 6.07) is 5.27. The summed E-state index contributed by atoms with van der Waals surface area (Å²) in [6.45, 7) is 4.18. The Labute approximate surface area is 108 Å². The van der Waals surface area contributed by atoms with Crippen molar-refractivity contribution in [2.75, 3.05) is 19.8 Å². The van der Waals surface area contributed by atoms with E-state index >= 15 is 0 Å². The van der Waals surface area contributed by atoms with Gasteiger partial charge in [0.15, 0.2) is 0 Å². The Kier molecular flexibility index (Phi) is 4.09. The number of phenols is 1. The standard InChI is InChI=1S/C14H21NO3/c1-2-18-12-3-4-13(17)11(7-12)8-15-9-14(10-16)5-6-14/h3-4,7,15-17H,2,5-6,8-10H2,1H3. The van der Waals surface area contributed by atoms with E-state index in [0.717, 1.165) is 30.7 Å². The Bertz CT molecular complexity index is 402. The van der Waals surface area contributed by atoms with Crippen molar-refractivity contribution in [2.24, 2.45) is 5.41 Å². The van der Waals surface area contributed by atoms with Gasteiger partial charge in [-0.1, -0.05) is 0 Å². The number of hydrogen-bond donors (Lipinski definition) is 3. The molecule has 0 spiro atoms. The first-order chi connectivity index (χ1) is 8.69. The molecule has 0 amide bonds. The number of phenolic OH excluding ortho intramolecular Hbond substituents is 1. The second kappa shape index (κ2) is 5.59. The van der Waals surface area contributed by atoms with E-state index in [9.17, 15) is 10.2 Å². The topological polar surface area (TPSA) is 61.7 Å². The van der Waals surface area contributed by atoms with Crippen molar-refractivity contribution >= 4 is 0 Å². The number of benzene rings is 1. The fourth-order valence-electron chi connectivity index (χ4n) is 1.99. The van der Waals surface area contributed by atoms with Crippen molar-refractivity contribution in [1.82, 2.24) is 5.32 Å². The van der Waals surface area contributed by atoms with Crippen LogP contribution in [0.15, 0.2) is 18.2 Å². The van der Waals surface area contributed by atoms with E-state index in [0.29, 0.717) is 13.2 Å². The molecule has 1 aromatic rings. The van der Waals surface area contributed by atoms with Crippen LogP contribution >= 0.6 is 0 Å². The molecule has 0 unspecified atom stereocenters. The Balaban J connectivity index is 1.89. The summed E-state index contributed by atoms with van der Waals surface area (Å²) >= 11 is 0. The summed E-state index contributed by atoms with van der Waals surface area (Å²) < 4.78 is 5.40. The quantitative estimate of drug-likeness (QED) is 0.689. The second-order valence-electron chi connectivity index (χ2n) is 4.99. The number of ether oxygens (including phenoxy) is 1. The van der Waals surface area contributed by atoms with Gasteiger partial charge in [-0.2, -0.15) is 0 Å². The van der Waals surface area contributed by atoms with Crippen LogP contribution in [0.1, 0.15) is 25.3 Å². The third-order valence-electron chi connectivity index (χ3n) is 3.47. The lowest BCUT2D eigenvalue weighted by Gasteiger charge is -2.14. The predicted octanol–water partition coefficient (Wildman–Crippen LogP) is 1.65. The van der Waals surface area contributed by atoms with E-state index < -0.39 is 0 Å². The van der Waals surface area contributed by atoms with Gasteiger partial charge >= 0.3 is 0 Å². The molecule has 0 atom stereocenters. The Morgan fingerprint density at radius 1 is 1.39 bits per heavy atom. The molecule has 4 heteroatoms. The van der Waals surface area contributed by atoms with Crippen LogP contribution < -0.4 is 10.1 Å². The third kappa shape index (κ3) is 3.15. The van der Waals surface area contributed by atoms with Gasteiger partial charge in [-0.15, -0.1) is 0 Å². The molecule has 3 N–H and O–H groups in total. The molecule has 0 aliphatic heterocycles. The highest BCUT2D eigenvalue weighted by Crippen LogP contribution is 2.44. The Morgan fingerprint density at radius 2 is 2.17 bits per heavy atom. The molecule has 1 fully saturated rings. The van der Waals surface area contributed by atoms with E-state index in [1.807, 2.05) is 13.0 Å². The van der Waals surface area contributed by atoms with Crippen molar-refractivity contribution in [3.63, 3.8) is 0 Å². The summed E-state index contributed by atoms with van der Waals surface area (Å²) in [5.74, 6) is 1.05. The number of aromatic hydroxyl groups is 1. The third-order valence-corrected chi connectivity index (χ3v) is 3.47. The zero-order valence-electron chi connectivity index (χ0n) is 10.8. The fraction of sp³-hybridized carbons (Fsp3) is 0.571. The van der Waals surface area contributed by atoms with E-state index in [1.165, 1.54) is 0 Å². The first-order valence-electron chi connectivity index (χ1n) is 6.45. The van der Waals surface area contributed by atoms with Crippen LogP contribution in [0.25, 0.3) is 0 Å². The van der Waals surface area contributed by atoms with Crippen LogP contribution in [0.5, 0.6) is 11.5 Å². The smallest absolute Gasteiger partial charge is 0.120 e. The maximum Gasteiger partial charge on any atom is 0.120 e. The lowest BCUT2D eigenvalue weighted by molar-refractivity contribution is 0.207. The van der Waals surface area contributed by atoms with E-state index in [-0.39, 0.29) is 17.8 Å². The Morgan fingerprint density at radius 3 is 2.78 bits per heavy atom. The van der Waals surface area contributed by atoms with Gasteiger partial charge in [0.05, 0.1) is 6.61 Å². The van der Waals surface area contributed by atoms with Gasteiger partial charge in [-0.25, -0.2) is 0 Å².